The quantitative estimate of drug-likeness (QED) is 0.749. The Morgan fingerprint density at radius 1 is 1.33 bits per heavy atom. The lowest BCUT2D eigenvalue weighted by atomic mass is 10.1. The molecule has 0 saturated heterocycles. The van der Waals surface area contributed by atoms with Crippen LogP contribution in [0, 0.1) is 6.92 Å². The van der Waals surface area contributed by atoms with Crippen molar-refractivity contribution in [1.29, 1.82) is 0 Å². The molecular formula is C16H13Cl2N3O2S. The summed E-state index contributed by atoms with van der Waals surface area (Å²) in [5, 5.41) is 3.13. The molecule has 1 unspecified atom stereocenters. The number of hydrogen-bond acceptors (Lipinski definition) is 4. The largest absolute Gasteiger partial charge is 0.368 e. The summed E-state index contributed by atoms with van der Waals surface area (Å²) >= 11 is 13.4. The summed E-state index contributed by atoms with van der Waals surface area (Å²) in [6, 6.07) is 4.38. The lowest BCUT2D eigenvalue weighted by Crippen LogP contribution is -2.34. The zero-order valence-corrected chi connectivity index (χ0v) is 15.2. The SMILES string of the molecule is Cc1nc2scc(-c3ccc(Cl)c(Cl)c3)c2c(=O)n1C(C)C(N)=O. The van der Waals surface area contributed by atoms with Crippen molar-refractivity contribution in [2.24, 2.45) is 5.73 Å². The van der Waals surface area contributed by atoms with Crippen molar-refractivity contribution in [2.45, 2.75) is 19.9 Å². The van der Waals surface area contributed by atoms with Crippen LogP contribution < -0.4 is 11.3 Å². The van der Waals surface area contributed by atoms with E-state index < -0.39 is 11.9 Å². The Labute approximate surface area is 151 Å². The van der Waals surface area contributed by atoms with Crippen LogP contribution in [0.2, 0.25) is 10.0 Å². The molecule has 124 valence electrons. The highest BCUT2D eigenvalue weighted by Crippen LogP contribution is 2.34. The Hall–Kier alpha value is -1.89. The van der Waals surface area contributed by atoms with Crippen LogP contribution in [-0.4, -0.2) is 15.5 Å². The fourth-order valence-corrected chi connectivity index (χ4v) is 3.85. The molecule has 2 heterocycles. The average Bonchev–Trinajstić information content (AvgIpc) is 2.93. The van der Waals surface area contributed by atoms with Crippen molar-refractivity contribution in [3.8, 4) is 11.1 Å². The van der Waals surface area contributed by atoms with Gasteiger partial charge < -0.3 is 5.73 Å². The Kier molecular flexibility index (Phi) is 4.38. The molecule has 1 amide bonds. The summed E-state index contributed by atoms with van der Waals surface area (Å²) in [6.45, 7) is 3.26. The first-order chi connectivity index (χ1) is 11.3. The summed E-state index contributed by atoms with van der Waals surface area (Å²) in [5.41, 5.74) is 6.52. The van der Waals surface area contributed by atoms with Gasteiger partial charge in [-0.05, 0) is 31.5 Å². The van der Waals surface area contributed by atoms with Crippen molar-refractivity contribution in [3.05, 3.63) is 49.8 Å². The molecule has 0 radical (unpaired) electrons. The predicted octanol–water partition coefficient (Wildman–Crippen LogP) is 3.79. The number of carbonyl (C=O) groups is 1. The summed E-state index contributed by atoms with van der Waals surface area (Å²) in [7, 11) is 0. The molecular weight excluding hydrogens is 369 g/mol. The number of benzene rings is 1. The molecule has 3 aromatic rings. The molecule has 1 atom stereocenters. The molecule has 0 aliphatic rings. The van der Waals surface area contributed by atoms with Gasteiger partial charge in [-0.15, -0.1) is 11.3 Å². The summed E-state index contributed by atoms with van der Waals surface area (Å²) in [6.07, 6.45) is 0. The lowest BCUT2D eigenvalue weighted by Gasteiger charge is -2.14. The molecule has 0 aliphatic heterocycles. The first-order valence-corrected chi connectivity index (χ1v) is 8.70. The van der Waals surface area contributed by atoms with E-state index in [1.807, 2.05) is 5.38 Å². The maximum Gasteiger partial charge on any atom is 0.263 e. The maximum atomic E-state index is 13.0. The summed E-state index contributed by atoms with van der Waals surface area (Å²) in [4.78, 5) is 29.5. The monoisotopic (exact) mass is 381 g/mol. The highest BCUT2D eigenvalue weighted by atomic mass is 35.5. The van der Waals surface area contributed by atoms with Crippen LogP contribution in [0.15, 0.2) is 28.4 Å². The van der Waals surface area contributed by atoms with E-state index in [1.165, 1.54) is 15.9 Å². The van der Waals surface area contributed by atoms with Crippen molar-refractivity contribution < 1.29 is 4.79 Å². The Morgan fingerprint density at radius 3 is 2.67 bits per heavy atom. The number of fused-ring (bicyclic) bond motifs is 1. The third-order valence-corrected chi connectivity index (χ3v) is 5.46. The molecule has 0 aliphatic carbocycles. The second kappa shape index (κ2) is 6.20. The topological polar surface area (TPSA) is 78.0 Å². The molecule has 0 saturated carbocycles. The second-order valence-corrected chi connectivity index (χ2v) is 7.04. The Morgan fingerprint density at radius 2 is 2.04 bits per heavy atom. The Bertz CT molecular complexity index is 1030. The zero-order valence-electron chi connectivity index (χ0n) is 12.8. The normalized spacial score (nSPS) is 12.5. The van der Waals surface area contributed by atoms with Gasteiger partial charge in [0, 0.05) is 10.9 Å². The van der Waals surface area contributed by atoms with E-state index in [4.69, 9.17) is 28.9 Å². The van der Waals surface area contributed by atoms with Gasteiger partial charge in [-0.1, -0.05) is 29.3 Å². The van der Waals surface area contributed by atoms with E-state index in [-0.39, 0.29) is 5.56 Å². The highest BCUT2D eigenvalue weighted by molar-refractivity contribution is 7.17. The molecule has 3 rings (SSSR count). The molecule has 0 fully saturated rings. The minimum absolute atomic E-state index is 0.300. The number of hydrogen-bond donors (Lipinski definition) is 1. The molecule has 2 aromatic heterocycles. The van der Waals surface area contributed by atoms with Crippen molar-refractivity contribution in [3.63, 3.8) is 0 Å². The fraction of sp³-hybridized carbons (Fsp3) is 0.188. The van der Waals surface area contributed by atoms with E-state index in [2.05, 4.69) is 4.98 Å². The summed E-state index contributed by atoms with van der Waals surface area (Å²) < 4.78 is 1.32. The summed E-state index contributed by atoms with van der Waals surface area (Å²) in [5.74, 6) is -0.144. The van der Waals surface area contributed by atoms with Crippen LogP contribution in [0.25, 0.3) is 21.3 Å². The number of nitrogens with zero attached hydrogens (tertiary/aromatic N) is 2. The van der Waals surface area contributed by atoms with Gasteiger partial charge in [0.05, 0.1) is 15.4 Å². The van der Waals surface area contributed by atoms with E-state index in [1.54, 1.807) is 32.0 Å². The standard InChI is InChI=1S/C16H13Cl2N3O2S/c1-7(14(19)22)21-8(2)20-15-13(16(21)23)10(6-24-15)9-3-4-11(17)12(18)5-9/h3-7H,1-2H3,(H2,19,22). The van der Waals surface area contributed by atoms with E-state index in [9.17, 15) is 9.59 Å². The van der Waals surface area contributed by atoms with Crippen LogP contribution in [0.4, 0.5) is 0 Å². The number of aromatic nitrogens is 2. The number of amides is 1. The maximum absolute atomic E-state index is 13.0. The van der Waals surface area contributed by atoms with Crippen molar-refractivity contribution in [1.82, 2.24) is 9.55 Å². The number of aryl methyl sites for hydroxylation is 1. The van der Waals surface area contributed by atoms with Crippen LogP contribution in [0.3, 0.4) is 0 Å². The van der Waals surface area contributed by atoms with Crippen LogP contribution in [-0.2, 0) is 4.79 Å². The minimum Gasteiger partial charge on any atom is -0.368 e. The van der Waals surface area contributed by atoms with Crippen LogP contribution >= 0.6 is 34.5 Å². The number of halogens is 2. The van der Waals surface area contributed by atoms with Gasteiger partial charge in [0.25, 0.3) is 5.56 Å². The highest BCUT2D eigenvalue weighted by Gasteiger charge is 2.21. The number of thiophene rings is 1. The van der Waals surface area contributed by atoms with Gasteiger partial charge in [0.1, 0.15) is 16.7 Å². The number of rotatable bonds is 3. The van der Waals surface area contributed by atoms with Gasteiger partial charge >= 0.3 is 0 Å². The number of nitrogens with two attached hydrogens (primary N) is 1. The number of primary amides is 1. The van der Waals surface area contributed by atoms with Crippen LogP contribution in [0.5, 0.6) is 0 Å². The van der Waals surface area contributed by atoms with E-state index in [0.29, 0.717) is 31.6 Å². The third kappa shape index (κ3) is 2.70. The molecule has 5 nitrogen and oxygen atoms in total. The van der Waals surface area contributed by atoms with Crippen molar-refractivity contribution >= 4 is 50.7 Å². The van der Waals surface area contributed by atoms with E-state index in [0.717, 1.165) is 5.56 Å². The molecule has 0 spiro atoms. The van der Waals surface area contributed by atoms with Crippen LogP contribution in [0.1, 0.15) is 18.8 Å². The van der Waals surface area contributed by atoms with Gasteiger partial charge in [-0.2, -0.15) is 0 Å². The van der Waals surface area contributed by atoms with Crippen molar-refractivity contribution in [2.75, 3.05) is 0 Å². The minimum atomic E-state index is -0.782. The molecule has 0 bridgehead atoms. The molecule has 1 aromatic carbocycles. The Balaban J connectivity index is 2.32. The predicted molar refractivity (Wildman–Crippen MR) is 98.0 cm³/mol. The van der Waals surface area contributed by atoms with Gasteiger partial charge in [-0.25, -0.2) is 4.98 Å². The second-order valence-electron chi connectivity index (χ2n) is 5.37. The van der Waals surface area contributed by atoms with Gasteiger partial charge in [0.15, 0.2) is 0 Å². The first-order valence-electron chi connectivity index (χ1n) is 7.06. The first kappa shape index (κ1) is 17.0. The number of carbonyl (C=O) groups excluding carboxylic acids is 1. The van der Waals surface area contributed by atoms with Gasteiger partial charge in [-0.3, -0.25) is 14.2 Å². The lowest BCUT2D eigenvalue weighted by molar-refractivity contribution is -0.120. The third-order valence-electron chi connectivity index (χ3n) is 3.85. The average molecular weight is 382 g/mol. The molecule has 8 heteroatoms. The zero-order chi connectivity index (χ0) is 17.6. The molecule has 2 N–H and O–H groups in total. The molecule has 24 heavy (non-hydrogen) atoms. The smallest absolute Gasteiger partial charge is 0.263 e. The van der Waals surface area contributed by atoms with E-state index >= 15 is 0 Å². The fourth-order valence-electron chi connectivity index (χ4n) is 2.56. The van der Waals surface area contributed by atoms with Gasteiger partial charge in [0.2, 0.25) is 5.91 Å².